The summed E-state index contributed by atoms with van der Waals surface area (Å²) in [4.78, 5) is 12.9. The Morgan fingerprint density at radius 3 is 2.19 bits per heavy atom. The van der Waals surface area contributed by atoms with Gasteiger partial charge in [-0.2, -0.15) is 0 Å². The SMILES string of the molecule is O=C(O)CN(CC1CCOCC1)CC1CC1. The van der Waals surface area contributed by atoms with Gasteiger partial charge in [-0.3, -0.25) is 9.69 Å². The molecule has 1 saturated carbocycles. The fourth-order valence-electron chi connectivity index (χ4n) is 2.35. The molecule has 0 amide bonds. The van der Waals surface area contributed by atoms with Crippen molar-refractivity contribution in [3.8, 4) is 0 Å². The zero-order chi connectivity index (χ0) is 11.4. The lowest BCUT2D eigenvalue weighted by molar-refractivity contribution is -0.138. The zero-order valence-electron chi connectivity index (χ0n) is 9.73. The Kier molecular flexibility index (Phi) is 4.18. The van der Waals surface area contributed by atoms with Gasteiger partial charge in [0.1, 0.15) is 0 Å². The summed E-state index contributed by atoms with van der Waals surface area (Å²) in [5, 5.41) is 8.88. The maximum atomic E-state index is 10.8. The first-order chi connectivity index (χ1) is 7.74. The van der Waals surface area contributed by atoms with Gasteiger partial charge in [0, 0.05) is 26.3 Å². The summed E-state index contributed by atoms with van der Waals surface area (Å²) in [5.41, 5.74) is 0. The van der Waals surface area contributed by atoms with E-state index in [2.05, 4.69) is 4.90 Å². The molecule has 1 aliphatic heterocycles. The van der Waals surface area contributed by atoms with Gasteiger partial charge in [0.05, 0.1) is 6.54 Å². The van der Waals surface area contributed by atoms with Crippen LogP contribution in [-0.4, -0.2) is 48.8 Å². The van der Waals surface area contributed by atoms with Crippen LogP contribution in [0.2, 0.25) is 0 Å². The molecule has 92 valence electrons. The number of hydrogen-bond donors (Lipinski definition) is 1. The van der Waals surface area contributed by atoms with Crippen molar-refractivity contribution < 1.29 is 14.6 Å². The predicted molar refractivity (Wildman–Crippen MR) is 60.3 cm³/mol. The van der Waals surface area contributed by atoms with Crippen molar-refractivity contribution >= 4 is 5.97 Å². The molecule has 0 bridgehead atoms. The second-order valence-corrected chi connectivity index (χ2v) is 5.09. The van der Waals surface area contributed by atoms with E-state index in [1.54, 1.807) is 0 Å². The second-order valence-electron chi connectivity index (χ2n) is 5.09. The predicted octanol–water partition coefficient (Wildman–Crippen LogP) is 1.21. The smallest absolute Gasteiger partial charge is 0.317 e. The van der Waals surface area contributed by atoms with Gasteiger partial charge < -0.3 is 9.84 Å². The average molecular weight is 227 g/mol. The molecule has 0 atom stereocenters. The van der Waals surface area contributed by atoms with Gasteiger partial charge >= 0.3 is 5.97 Å². The summed E-state index contributed by atoms with van der Waals surface area (Å²) in [6.45, 7) is 3.80. The molecular formula is C12H21NO3. The van der Waals surface area contributed by atoms with Gasteiger partial charge in [-0.05, 0) is 37.5 Å². The van der Waals surface area contributed by atoms with E-state index >= 15 is 0 Å². The summed E-state index contributed by atoms with van der Waals surface area (Å²) in [6, 6.07) is 0. The molecule has 1 saturated heterocycles. The Balaban J connectivity index is 1.76. The van der Waals surface area contributed by atoms with Gasteiger partial charge in [-0.25, -0.2) is 0 Å². The molecule has 16 heavy (non-hydrogen) atoms. The standard InChI is InChI=1S/C12H21NO3/c14-12(15)9-13(7-10-1-2-10)8-11-3-5-16-6-4-11/h10-11H,1-9H2,(H,14,15). The van der Waals surface area contributed by atoms with Gasteiger partial charge in [0.25, 0.3) is 0 Å². The molecule has 1 N–H and O–H groups in total. The van der Waals surface area contributed by atoms with Crippen LogP contribution in [0.5, 0.6) is 0 Å². The molecule has 2 aliphatic rings. The maximum Gasteiger partial charge on any atom is 0.317 e. The minimum atomic E-state index is -0.701. The summed E-state index contributed by atoms with van der Waals surface area (Å²) in [5.74, 6) is 0.693. The lowest BCUT2D eigenvalue weighted by Gasteiger charge is -2.28. The first kappa shape index (κ1) is 11.9. The maximum absolute atomic E-state index is 10.8. The Bertz CT molecular complexity index is 234. The van der Waals surface area contributed by atoms with E-state index < -0.39 is 5.97 Å². The summed E-state index contributed by atoms with van der Waals surface area (Å²) < 4.78 is 5.32. The molecule has 4 heteroatoms. The number of hydrogen-bond acceptors (Lipinski definition) is 3. The lowest BCUT2D eigenvalue weighted by Crippen LogP contribution is -2.37. The molecule has 0 unspecified atom stereocenters. The molecule has 0 aromatic carbocycles. The quantitative estimate of drug-likeness (QED) is 0.741. The van der Waals surface area contributed by atoms with Crippen LogP contribution in [0.3, 0.4) is 0 Å². The molecule has 2 rings (SSSR count). The summed E-state index contributed by atoms with van der Waals surface area (Å²) >= 11 is 0. The van der Waals surface area contributed by atoms with E-state index in [0.717, 1.165) is 45.1 Å². The van der Waals surface area contributed by atoms with Crippen LogP contribution < -0.4 is 0 Å². The number of carboxylic acid groups (broad SMARTS) is 1. The molecule has 1 aliphatic carbocycles. The van der Waals surface area contributed by atoms with Crippen LogP contribution in [0, 0.1) is 11.8 Å². The molecule has 0 aromatic rings. The monoisotopic (exact) mass is 227 g/mol. The fourth-order valence-corrected chi connectivity index (χ4v) is 2.35. The first-order valence-electron chi connectivity index (χ1n) is 6.26. The van der Waals surface area contributed by atoms with Crippen molar-refractivity contribution in [1.82, 2.24) is 4.90 Å². The third kappa shape index (κ3) is 4.10. The molecule has 0 spiro atoms. The molecule has 2 fully saturated rings. The van der Waals surface area contributed by atoms with Crippen molar-refractivity contribution in [2.45, 2.75) is 25.7 Å². The Morgan fingerprint density at radius 2 is 1.69 bits per heavy atom. The highest BCUT2D eigenvalue weighted by atomic mass is 16.5. The van der Waals surface area contributed by atoms with Gasteiger partial charge in [-0.1, -0.05) is 0 Å². The third-order valence-electron chi connectivity index (χ3n) is 3.43. The Hall–Kier alpha value is -0.610. The van der Waals surface area contributed by atoms with Crippen LogP contribution in [0.15, 0.2) is 0 Å². The van der Waals surface area contributed by atoms with Crippen LogP contribution in [0.4, 0.5) is 0 Å². The zero-order valence-corrected chi connectivity index (χ0v) is 9.73. The largest absolute Gasteiger partial charge is 0.480 e. The normalized spacial score (nSPS) is 22.6. The average Bonchev–Trinajstić information content (AvgIpc) is 3.02. The van der Waals surface area contributed by atoms with E-state index in [-0.39, 0.29) is 6.54 Å². The van der Waals surface area contributed by atoms with Crippen molar-refractivity contribution in [2.75, 3.05) is 32.8 Å². The Morgan fingerprint density at radius 1 is 1.12 bits per heavy atom. The molecule has 0 radical (unpaired) electrons. The van der Waals surface area contributed by atoms with E-state index in [9.17, 15) is 4.79 Å². The Labute approximate surface area is 96.6 Å². The first-order valence-corrected chi connectivity index (χ1v) is 6.26. The van der Waals surface area contributed by atoms with E-state index in [1.165, 1.54) is 12.8 Å². The number of ether oxygens (including phenoxy) is 1. The number of carboxylic acids is 1. The topological polar surface area (TPSA) is 49.8 Å². The fraction of sp³-hybridized carbons (Fsp3) is 0.917. The molecule has 0 aromatic heterocycles. The third-order valence-corrected chi connectivity index (χ3v) is 3.43. The number of carbonyl (C=O) groups is 1. The van der Waals surface area contributed by atoms with Gasteiger partial charge in [0.2, 0.25) is 0 Å². The highest BCUT2D eigenvalue weighted by Crippen LogP contribution is 2.30. The van der Waals surface area contributed by atoms with Gasteiger partial charge in [0.15, 0.2) is 0 Å². The number of rotatable bonds is 6. The van der Waals surface area contributed by atoms with E-state index in [1.807, 2.05) is 0 Å². The lowest BCUT2D eigenvalue weighted by atomic mass is 9.99. The van der Waals surface area contributed by atoms with Crippen LogP contribution in [0.25, 0.3) is 0 Å². The van der Waals surface area contributed by atoms with Crippen molar-refractivity contribution in [3.05, 3.63) is 0 Å². The molecule has 1 heterocycles. The van der Waals surface area contributed by atoms with Crippen LogP contribution >= 0.6 is 0 Å². The summed E-state index contributed by atoms with van der Waals surface area (Å²) in [6.07, 6.45) is 4.73. The number of nitrogens with zero attached hydrogens (tertiary/aromatic N) is 1. The molecule has 4 nitrogen and oxygen atoms in total. The van der Waals surface area contributed by atoms with Crippen molar-refractivity contribution in [2.24, 2.45) is 11.8 Å². The van der Waals surface area contributed by atoms with Gasteiger partial charge in [-0.15, -0.1) is 0 Å². The van der Waals surface area contributed by atoms with Crippen LogP contribution in [0.1, 0.15) is 25.7 Å². The number of aliphatic carboxylic acids is 1. The highest BCUT2D eigenvalue weighted by molar-refractivity contribution is 5.69. The summed E-state index contributed by atoms with van der Waals surface area (Å²) in [7, 11) is 0. The second kappa shape index (κ2) is 5.64. The molecular weight excluding hydrogens is 206 g/mol. The van der Waals surface area contributed by atoms with Crippen molar-refractivity contribution in [1.29, 1.82) is 0 Å². The minimum absolute atomic E-state index is 0.202. The van der Waals surface area contributed by atoms with Crippen LogP contribution in [-0.2, 0) is 9.53 Å². The highest BCUT2D eigenvalue weighted by Gasteiger charge is 2.27. The minimum Gasteiger partial charge on any atom is -0.480 e. The van der Waals surface area contributed by atoms with Crippen molar-refractivity contribution in [3.63, 3.8) is 0 Å². The van der Waals surface area contributed by atoms with E-state index in [0.29, 0.717) is 5.92 Å². The van der Waals surface area contributed by atoms with E-state index in [4.69, 9.17) is 9.84 Å².